The molecule has 0 N–H and O–H groups in total. The summed E-state index contributed by atoms with van der Waals surface area (Å²) in [4.78, 5) is 4.08. The number of aromatic nitrogens is 3. The molecule has 138 valence electrons. The molecule has 0 bridgehead atoms. The van der Waals surface area contributed by atoms with Gasteiger partial charge in [-0.1, -0.05) is 12.1 Å². The van der Waals surface area contributed by atoms with Gasteiger partial charge in [-0.2, -0.15) is 18.4 Å². The Kier molecular flexibility index (Phi) is 4.98. The Bertz CT molecular complexity index is 958. The third-order valence-corrected chi connectivity index (χ3v) is 3.55. The Morgan fingerprint density at radius 1 is 1.11 bits per heavy atom. The van der Waals surface area contributed by atoms with Gasteiger partial charge >= 0.3 is 6.18 Å². The summed E-state index contributed by atoms with van der Waals surface area (Å²) >= 11 is 0. The van der Waals surface area contributed by atoms with Crippen molar-refractivity contribution in [1.82, 2.24) is 14.8 Å². The zero-order valence-electron chi connectivity index (χ0n) is 14.1. The van der Waals surface area contributed by atoms with Crippen LogP contribution < -0.4 is 9.47 Å². The van der Waals surface area contributed by atoms with E-state index in [1.54, 1.807) is 36.4 Å². The van der Waals surface area contributed by atoms with Crippen molar-refractivity contribution in [3.05, 3.63) is 54.2 Å². The molecule has 0 spiro atoms. The van der Waals surface area contributed by atoms with Crippen molar-refractivity contribution in [1.29, 1.82) is 5.26 Å². The van der Waals surface area contributed by atoms with Crippen molar-refractivity contribution in [2.24, 2.45) is 0 Å². The third kappa shape index (κ3) is 4.36. The Hall–Kier alpha value is -3.54. The molecule has 0 aliphatic carbocycles. The van der Waals surface area contributed by atoms with E-state index in [2.05, 4.69) is 10.1 Å². The molecule has 0 unspecified atom stereocenters. The molecule has 0 atom stereocenters. The number of halogens is 3. The normalized spacial score (nSPS) is 11.1. The molecule has 6 nitrogen and oxygen atoms in total. The molecule has 9 heteroatoms. The van der Waals surface area contributed by atoms with Gasteiger partial charge in [0.15, 0.2) is 6.61 Å². The first-order valence-corrected chi connectivity index (χ1v) is 7.70. The summed E-state index contributed by atoms with van der Waals surface area (Å²) < 4.78 is 48.5. The van der Waals surface area contributed by atoms with E-state index in [0.29, 0.717) is 28.4 Å². The lowest BCUT2D eigenvalue weighted by Gasteiger charge is -2.08. The molecule has 0 aliphatic rings. The highest BCUT2D eigenvalue weighted by atomic mass is 19.4. The summed E-state index contributed by atoms with van der Waals surface area (Å²) in [6.07, 6.45) is -2.99. The highest BCUT2D eigenvalue weighted by Crippen LogP contribution is 2.28. The van der Waals surface area contributed by atoms with Gasteiger partial charge in [-0.3, -0.25) is 0 Å². The number of ether oxygens (including phenoxy) is 2. The van der Waals surface area contributed by atoms with E-state index in [0.717, 1.165) is 0 Å². The van der Waals surface area contributed by atoms with Gasteiger partial charge in [0.05, 0.1) is 36.3 Å². The van der Waals surface area contributed by atoms with E-state index >= 15 is 0 Å². The van der Waals surface area contributed by atoms with Crippen molar-refractivity contribution >= 4 is 0 Å². The lowest BCUT2D eigenvalue weighted by Crippen LogP contribution is -2.19. The fourth-order valence-corrected chi connectivity index (χ4v) is 2.32. The summed E-state index contributed by atoms with van der Waals surface area (Å²) in [5.74, 6) is 0.210. The average Bonchev–Trinajstić information content (AvgIpc) is 3.10. The van der Waals surface area contributed by atoms with Gasteiger partial charge in [-0.15, -0.1) is 5.10 Å². The second-order valence-corrected chi connectivity index (χ2v) is 5.43. The molecule has 2 aromatic heterocycles. The van der Waals surface area contributed by atoms with Gasteiger partial charge in [0, 0.05) is 17.7 Å². The fraction of sp³-hybridized carbons (Fsp3) is 0.167. The molecule has 0 radical (unpaired) electrons. The van der Waals surface area contributed by atoms with E-state index in [9.17, 15) is 13.2 Å². The molecule has 0 fully saturated rings. The molecule has 0 saturated carbocycles. The van der Waals surface area contributed by atoms with Crippen LogP contribution in [0.1, 0.15) is 5.56 Å². The summed E-state index contributed by atoms with van der Waals surface area (Å²) in [5.41, 5.74) is 2.12. The zero-order chi connectivity index (χ0) is 19.4. The van der Waals surface area contributed by atoms with E-state index in [1.807, 2.05) is 6.07 Å². The third-order valence-electron chi connectivity index (χ3n) is 3.55. The predicted molar refractivity (Wildman–Crippen MR) is 89.6 cm³/mol. The quantitative estimate of drug-likeness (QED) is 0.680. The van der Waals surface area contributed by atoms with Crippen LogP contribution in [0.3, 0.4) is 0 Å². The Morgan fingerprint density at radius 2 is 1.85 bits per heavy atom. The summed E-state index contributed by atoms with van der Waals surface area (Å²) in [5, 5.41) is 13.0. The predicted octanol–water partition coefficient (Wildman–Crippen LogP) is 3.76. The molecule has 3 rings (SSSR count). The molecule has 27 heavy (non-hydrogen) atoms. The first-order chi connectivity index (χ1) is 12.9. The van der Waals surface area contributed by atoms with Crippen LogP contribution in [-0.4, -0.2) is 34.7 Å². The number of nitrogens with zero attached hydrogens (tertiary/aromatic N) is 4. The molecular formula is C18H13F3N4O2. The number of benzene rings is 1. The van der Waals surface area contributed by atoms with Crippen molar-refractivity contribution in [3.63, 3.8) is 0 Å². The number of rotatable bonds is 5. The van der Waals surface area contributed by atoms with Crippen molar-refractivity contribution in [2.45, 2.75) is 6.18 Å². The smallest absolute Gasteiger partial charge is 0.422 e. The fourth-order valence-electron chi connectivity index (χ4n) is 2.32. The molecule has 1 aromatic carbocycles. The molecule has 2 heterocycles. The lowest BCUT2D eigenvalue weighted by atomic mass is 10.1. The number of hydrogen-bond acceptors (Lipinski definition) is 5. The van der Waals surface area contributed by atoms with Gasteiger partial charge in [-0.05, 0) is 18.2 Å². The minimum Gasteiger partial charge on any atom is -0.481 e. The number of nitriles is 1. The van der Waals surface area contributed by atoms with Crippen LogP contribution in [0.15, 0.2) is 48.7 Å². The Morgan fingerprint density at radius 3 is 2.41 bits per heavy atom. The minimum atomic E-state index is -4.47. The van der Waals surface area contributed by atoms with Crippen molar-refractivity contribution in [2.75, 3.05) is 13.7 Å². The maximum Gasteiger partial charge on any atom is 0.422 e. The average molecular weight is 374 g/mol. The molecule has 0 saturated heterocycles. The summed E-state index contributed by atoms with van der Waals surface area (Å²) in [7, 11) is 1.47. The topological polar surface area (TPSA) is 73.0 Å². The minimum absolute atomic E-state index is 0.178. The molecule has 0 amide bonds. The van der Waals surface area contributed by atoms with E-state index in [4.69, 9.17) is 14.7 Å². The highest BCUT2D eigenvalue weighted by Gasteiger charge is 2.29. The number of alkyl halides is 3. The first kappa shape index (κ1) is 18.3. The summed E-state index contributed by atoms with van der Waals surface area (Å²) in [6, 6.07) is 13.3. The zero-order valence-corrected chi connectivity index (χ0v) is 14.1. The van der Waals surface area contributed by atoms with Gasteiger partial charge in [0.1, 0.15) is 0 Å². The van der Waals surface area contributed by atoms with Gasteiger partial charge < -0.3 is 9.47 Å². The molecule has 3 aromatic rings. The highest BCUT2D eigenvalue weighted by molar-refractivity contribution is 5.64. The van der Waals surface area contributed by atoms with Crippen molar-refractivity contribution in [3.8, 4) is 34.8 Å². The Labute approximate surface area is 152 Å². The second kappa shape index (κ2) is 7.37. The first-order valence-electron chi connectivity index (χ1n) is 7.70. The van der Waals surface area contributed by atoms with E-state index in [-0.39, 0.29) is 5.88 Å². The maximum absolute atomic E-state index is 12.4. The number of methoxy groups -OCH3 is 1. The number of hydrogen-bond donors (Lipinski definition) is 0. The van der Waals surface area contributed by atoms with Crippen molar-refractivity contribution < 1.29 is 22.6 Å². The number of pyridine rings is 1. The van der Waals surface area contributed by atoms with Gasteiger partial charge in [-0.25, -0.2) is 9.67 Å². The standard InChI is InChI=1S/C18H13F3N4O2/c1-26-16-7-6-14(10-23-16)25-15(13-4-2-12(9-22)3-5-13)8-17(24-25)27-11-18(19,20)21/h2-8,10H,11H2,1H3. The van der Waals surface area contributed by atoms with Crippen LogP contribution >= 0.6 is 0 Å². The summed E-state index contributed by atoms with van der Waals surface area (Å²) in [6.45, 7) is -1.45. The SMILES string of the molecule is COc1ccc(-n2nc(OCC(F)(F)F)cc2-c2ccc(C#N)cc2)cn1. The second-order valence-electron chi connectivity index (χ2n) is 5.43. The Balaban J connectivity index is 2.02. The van der Waals surface area contributed by atoms with Crippen LogP contribution in [0.5, 0.6) is 11.8 Å². The lowest BCUT2D eigenvalue weighted by molar-refractivity contribution is -0.154. The van der Waals surface area contributed by atoms with Crippen LogP contribution in [0.4, 0.5) is 13.2 Å². The van der Waals surface area contributed by atoms with Gasteiger partial charge in [0.2, 0.25) is 11.8 Å². The van der Waals surface area contributed by atoms with E-state index in [1.165, 1.54) is 24.1 Å². The van der Waals surface area contributed by atoms with Crippen LogP contribution in [0.25, 0.3) is 16.9 Å². The van der Waals surface area contributed by atoms with Crippen LogP contribution in [-0.2, 0) is 0 Å². The van der Waals surface area contributed by atoms with Crippen LogP contribution in [0.2, 0.25) is 0 Å². The largest absolute Gasteiger partial charge is 0.481 e. The van der Waals surface area contributed by atoms with E-state index < -0.39 is 12.8 Å². The molecular weight excluding hydrogens is 361 g/mol. The van der Waals surface area contributed by atoms with Gasteiger partial charge in [0.25, 0.3) is 0 Å². The molecule has 0 aliphatic heterocycles. The van der Waals surface area contributed by atoms with Crippen LogP contribution in [0, 0.1) is 11.3 Å². The monoisotopic (exact) mass is 374 g/mol. The maximum atomic E-state index is 12.4.